The van der Waals surface area contributed by atoms with Gasteiger partial charge in [0.05, 0.1) is 0 Å². The Kier molecular flexibility index (Phi) is 5.24. The second kappa shape index (κ2) is 7.57. The Labute approximate surface area is 151 Å². The summed E-state index contributed by atoms with van der Waals surface area (Å²) >= 11 is 5.80. The zero-order valence-corrected chi connectivity index (χ0v) is 14.5. The third-order valence-corrected chi connectivity index (χ3v) is 4.24. The largest absolute Gasteiger partial charge is 0.479 e. The Morgan fingerprint density at radius 2 is 1.88 bits per heavy atom. The van der Waals surface area contributed by atoms with Gasteiger partial charge in [-0.25, -0.2) is 4.79 Å². The molecule has 1 aliphatic rings. The maximum atomic E-state index is 12.3. The van der Waals surface area contributed by atoms with E-state index in [2.05, 4.69) is 0 Å². The lowest BCUT2D eigenvalue weighted by Crippen LogP contribution is -2.35. The van der Waals surface area contributed by atoms with E-state index >= 15 is 0 Å². The van der Waals surface area contributed by atoms with Gasteiger partial charge in [0.1, 0.15) is 5.75 Å². The van der Waals surface area contributed by atoms with Crippen molar-refractivity contribution in [3.8, 4) is 5.75 Å². The summed E-state index contributed by atoms with van der Waals surface area (Å²) in [6.45, 7) is 1.88. The molecule has 130 valence electrons. The predicted octanol–water partition coefficient (Wildman–Crippen LogP) is 3.24. The standard InChI is InChI=1S/C19H18ClNO4/c1-13(25-16-8-6-15(20)7-9-16)19(23)24-12-18(22)21-11-10-14-4-2-3-5-17(14)21/h2-9,13H,10-12H2,1H3/t13-/m0/s1. The molecule has 25 heavy (non-hydrogen) atoms. The van der Waals surface area contributed by atoms with Gasteiger partial charge in [-0.05, 0) is 49.2 Å². The van der Waals surface area contributed by atoms with Crippen LogP contribution in [0.15, 0.2) is 48.5 Å². The van der Waals surface area contributed by atoms with E-state index < -0.39 is 12.1 Å². The predicted molar refractivity (Wildman–Crippen MR) is 95.0 cm³/mol. The number of carbonyl (C=O) groups is 2. The molecule has 6 heteroatoms. The number of hydrogen-bond donors (Lipinski definition) is 0. The van der Waals surface area contributed by atoms with E-state index in [1.807, 2.05) is 24.3 Å². The normalized spacial score (nSPS) is 13.9. The van der Waals surface area contributed by atoms with Crippen LogP contribution in [0.3, 0.4) is 0 Å². The molecule has 0 unspecified atom stereocenters. The summed E-state index contributed by atoms with van der Waals surface area (Å²) in [5, 5.41) is 0.582. The van der Waals surface area contributed by atoms with Gasteiger partial charge in [0.2, 0.25) is 0 Å². The van der Waals surface area contributed by atoms with Gasteiger partial charge in [0.25, 0.3) is 5.91 Å². The van der Waals surface area contributed by atoms with Gasteiger partial charge in [-0.3, -0.25) is 4.79 Å². The molecule has 0 radical (unpaired) electrons. The molecule has 5 nitrogen and oxygen atoms in total. The second-order valence-corrected chi connectivity index (χ2v) is 6.18. The first-order valence-electron chi connectivity index (χ1n) is 8.02. The fourth-order valence-electron chi connectivity index (χ4n) is 2.69. The molecule has 0 fully saturated rings. The average molecular weight is 360 g/mol. The molecular weight excluding hydrogens is 342 g/mol. The van der Waals surface area contributed by atoms with E-state index in [1.165, 1.54) is 0 Å². The molecule has 1 heterocycles. The van der Waals surface area contributed by atoms with Crippen molar-refractivity contribution in [3.05, 3.63) is 59.1 Å². The summed E-state index contributed by atoms with van der Waals surface area (Å²) in [5.41, 5.74) is 2.01. The van der Waals surface area contributed by atoms with Crippen molar-refractivity contribution in [3.63, 3.8) is 0 Å². The van der Waals surface area contributed by atoms with Crippen LogP contribution in [0.1, 0.15) is 12.5 Å². The molecule has 0 aliphatic carbocycles. The summed E-state index contributed by atoms with van der Waals surface area (Å²) in [6, 6.07) is 14.4. The van der Waals surface area contributed by atoms with E-state index in [9.17, 15) is 9.59 Å². The summed E-state index contributed by atoms with van der Waals surface area (Å²) in [5.74, 6) is -0.318. The highest BCUT2D eigenvalue weighted by Crippen LogP contribution is 2.27. The van der Waals surface area contributed by atoms with Crippen LogP contribution in [0.2, 0.25) is 5.02 Å². The minimum Gasteiger partial charge on any atom is -0.479 e. The van der Waals surface area contributed by atoms with E-state index in [0.717, 1.165) is 17.7 Å². The lowest BCUT2D eigenvalue weighted by Gasteiger charge is -2.18. The summed E-state index contributed by atoms with van der Waals surface area (Å²) in [4.78, 5) is 26.0. The lowest BCUT2D eigenvalue weighted by atomic mass is 10.2. The Morgan fingerprint density at radius 1 is 1.16 bits per heavy atom. The third-order valence-electron chi connectivity index (χ3n) is 3.98. The number of benzene rings is 2. The number of para-hydroxylation sites is 1. The second-order valence-electron chi connectivity index (χ2n) is 5.75. The Morgan fingerprint density at radius 3 is 2.64 bits per heavy atom. The smallest absolute Gasteiger partial charge is 0.347 e. The zero-order valence-electron chi connectivity index (χ0n) is 13.8. The van der Waals surface area contributed by atoms with Crippen molar-refractivity contribution in [2.45, 2.75) is 19.4 Å². The molecule has 2 aromatic rings. The number of nitrogens with zero attached hydrogens (tertiary/aromatic N) is 1. The SMILES string of the molecule is C[C@H](Oc1ccc(Cl)cc1)C(=O)OCC(=O)N1CCc2ccccc21. The van der Waals surface area contributed by atoms with Gasteiger partial charge >= 0.3 is 5.97 Å². The molecular formula is C19H18ClNO4. The average Bonchev–Trinajstić information content (AvgIpc) is 3.05. The fraction of sp³-hybridized carbons (Fsp3) is 0.263. The van der Waals surface area contributed by atoms with Gasteiger partial charge in [-0.2, -0.15) is 0 Å². The number of amides is 1. The number of halogens is 1. The van der Waals surface area contributed by atoms with Crippen molar-refractivity contribution in [2.24, 2.45) is 0 Å². The van der Waals surface area contributed by atoms with Gasteiger partial charge in [0.15, 0.2) is 12.7 Å². The molecule has 3 rings (SSSR count). The topological polar surface area (TPSA) is 55.8 Å². The molecule has 0 saturated carbocycles. The first-order chi connectivity index (χ1) is 12.0. The lowest BCUT2D eigenvalue weighted by molar-refractivity contribution is -0.154. The van der Waals surface area contributed by atoms with Crippen LogP contribution in [-0.2, 0) is 20.7 Å². The van der Waals surface area contributed by atoms with E-state index in [-0.39, 0.29) is 12.5 Å². The minimum absolute atomic E-state index is 0.239. The van der Waals surface area contributed by atoms with Gasteiger partial charge < -0.3 is 14.4 Å². The maximum Gasteiger partial charge on any atom is 0.347 e. The first kappa shape index (κ1) is 17.3. The molecule has 1 amide bonds. The van der Waals surface area contributed by atoms with E-state index in [4.69, 9.17) is 21.1 Å². The van der Waals surface area contributed by atoms with Crippen LogP contribution in [0, 0.1) is 0 Å². The molecule has 2 aromatic carbocycles. The Hall–Kier alpha value is -2.53. The van der Waals surface area contributed by atoms with Crippen LogP contribution < -0.4 is 9.64 Å². The van der Waals surface area contributed by atoms with Gasteiger partial charge in [-0.15, -0.1) is 0 Å². The fourth-order valence-corrected chi connectivity index (χ4v) is 2.82. The van der Waals surface area contributed by atoms with E-state index in [0.29, 0.717) is 17.3 Å². The quantitative estimate of drug-likeness (QED) is 0.769. The van der Waals surface area contributed by atoms with Crippen LogP contribution in [0.4, 0.5) is 5.69 Å². The Balaban J connectivity index is 1.52. The van der Waals surface area contributed by atoms with Crippen molar-refractivity contribution < 1.29 is 19.1 Å². The number of hydrogen-bond acceptors (Lipinski definition) is 4. The van der Waals surface area contributed by atoms with Gasteiger partial charge in [-0.1, -0.05) is 29.8 Å². The zero-order chi connectivity index (χ0) is 17.8. The monoisotopic (exact) mass is 359 g/mol. The third kappa shape index (κ3) is 4.12. The summed E-state index contributed by atoms with van der Waals surface area (Å²) in [6.07, 6.45) is -0.00814. The summed E-state index contributed by atoms with van der Waals surface area (Å²) < 4.78 is 10.6. The van der Waals surface area contributed by atoms with Crippen LogP contribution >= 0.6 is 11.6 Å². The van der Waals surface area contributed by atoms with Crippen molar-refractivity contribution in [1.82, 2.24) is 0 Å². The highest BCUT2D eigenvalue weighted by atomic mass is 35.5. The molecule has 1 atom stereocenters. The minimum atomic E-state index is -0.820. The number of carbonyl (C=O) groups excluding carboxylic acids is 2. The summed E-state index contributed by atoms with van der Waals surface area (Å²) in [7, 11) is 0. The van der Waals surface area contributed by atoms with E-state index in [1.54, 1.807) is 36.1 Å². The van der Waals surface area contributed by atoms with Crippen molar-refractivity contribution in [2.75, 3.05) is 18.1 Å². The highest BCUT2D eigenvalue weighted by molar-refractivity contribution is 6.30. The van der Waals surface area contributed by atoms with Crippen molar-refractivity contribution in [1.29, 1.82) is 0 Å². The van der Waals surface area contributed by atoms with Crippen LogP contribution in [-0.4, -0.2) is 31.1 Å². The highest BCUT2D eigenvalue weighted by Gasteiger charge is 2.26. The number of esters is 1. The number of fused-ring (bicyclic) bond motifs is 1. The van der Waals surface area contributed by atoms with Crippen LogP contribution in [0.5, 0.6) is 5.75 Å². The number of anilines is 1. The first-order valence-corrected chi connectivity index (χ1v) is 8.39. The number of rotatable bonds is 5. The molecule has 0 N–H and O–H groups in total. The number of ether oxygens (including phenoxy) is 2. The molecule has 0 aromatic heterocycles. The molecule has 1 aliphatic heterocycles. The molecule has 0 saturated heterocycles. The molecule has 0 bridgehead atoms. The maximum absolute atomic E-state index is 12.3. The van der Waals surface area contributed by atoms with Crippen molar-refractivity contribution >= 4 is 29.2 Å². The Bertz CT molecular complexity index is 775. The molecule has 0 spiro atoms. The van der Waals surface area contributed by atoms with Gasteiger partial charge in [0, 0.05) is 17.3 Å². The van der Waals surface area contributed by atoms with Crippen LogP contribution in [0.25, 0.3) is 0 Å².